The number of hydrogen-bond acceptors (Lipinski definition) is 3. The third-order valence-electron chi connectivity index (χ3n) is 5.28. The third-order valence-corrected chi connectivity index (χ3v) is 5.28. The van der Waals surface area contributed by atoms with Gasteiger partial charge in [0.15, 0.2) is 0 Å². The van der Waals surface area contributed by atoms with E-state index in [4.69, 9.17) is 10.1 Å². The summed E-state index contributed by atoms with van der Waals surface area (Å²) in [5, 5.41) is 4.70. The zero-order chi connectivity index (χ0) is 14.7. The van der Waals surface area contributed by atoms with Gasteiger partial charge in [0.1, 0.15) is 11.6 Å². The molecule has 1 saturated carbocycles. The molecular weight excluding hydrogens is 260 g/mol. The Labute approximate surface area is 128 Å². The molecule has 1 aromatic rings. The highest BCUT2D eigenvalue weighted by Crippen LogP contribution is 2.28. The van der Waals surface area contributed by atoms with Crippen molar-refractivity contribution in [2.24, 2.45) is 0 Å². The average molecular weight is 290 g/mol. The zero-order valence-electron chi connectivity index (χ0n) is 13.7. The van der Waals surface area contributed by atoms with E-state index in [-0.39, 0.29) is 0 Å². The fourth-order valence-electron chi connectivity index (χ4n) is 3.97. The minimum absolute atomic E-state index is 0.608. The van der Waals surface area contributed by atoms with Crippen molar-refractivity contribution in [3.8, 4) is 0 Å². The summed E-state index contributed by atoms with van der Waals surface area (Å²) in [6, 6.07) is 1.29. The van der Waals surface area contributed by atoms with Crippen molar-refractivity contribution in [2.45, 2.75) is 83.7 Å². The molecule has 118 valence electrons. The Balaban J connectivity index is 1.61. The number of rotatable bonds is 5. The quantitative estimate of drug-likeness (QED) is 0.832. The summed E-state index contributed by atoms with van der Waals surface area (Å²) in [6.07, 6.45) is 11.7. The van der Waals surface area contributed by atoms with Crippen LogP contribution in [0.4, 0.5) is 0 Å². The molecule has 4 heteroatoms. The molecule has 21 heavy (non-hydrogen) atoms. The summed E-state index contributed by atoms with van der Waals surface area (Å²) in [7, 11) is 0. The average Bonchev–Trinajstić information content (AvgIpc) is 3.15. The maximum Gasteiger partial charge on any atom is 0.147 e. The van der Waals surface area contributed by atoms with E-state index in [0.29, 0.717) is 12.1 Å². The van der Waals surface area contributed by atoms with Gasteiger partial charge in [-0.05, 0) is 59.0 Å². The van der Waals surface area contributed by atoms with E-state index in [2.05, 4.69) is 16.5 Å². The van der Waals surface area contributed by atoms with E-state index in [0.717, 1.165) is 12.2 Å². The molecule has 0 radical (unpaired) electrons. The molecule has 3 rings (SSSR count). The lowest BCUT2D eigenvalue weighted by Crippen LogP contribution is -2.30. The van der Waals surface area contributed by atoms with Gasteiger partial charge in [0.2, 0.25) is 0 Å². The lowest BCUT2D eigenvalue weighted by atomic mass is 9.95. The first kappa shape index (κ1) is 15.0. The minimum Gasteiger partial charge on any atom is -0.301 e. The fourth-order valence-corrected chi connectivity index (χ4v) is 3.97. The molecule has 2 fully saturated rings. The lowest BCUT2D eigenvalue weighted by Gasteiger charge is -2.25. The SMILES string of the molecule is Cc1nc(CCC(C)N2CCCC2)n(C2CCCCC2)n1. The molecule has 0 bridgehead atoms. The van der Waals surface area contributed by atoms with Crippen LogP contribution in [0.2, 0.25) is 0 Å². The highest BCUT2D eigenvalue weighted by Gasteiger charge is 2.22. The Bertz CT molecular complexity index is 442. The first-order valence-electron chi connectivity index (χ1n) is 8.90. The van der Waals surface area contributed by atoms with Gasteiger partial charge in [-0.3, -0.25) is 0 Å². The van der Waals surface area contributed by atoms with Crippen LogP contribution in [0, 0.1) is 6.92 Å². The second-order valence-corrected chi connectivity index (χ2v) is 6.94. The number of likely N-dealkylation sites (tertiary alicyclic amines) is 1. The standard InChI is InChI=1S/C17H30N4/c1-14(20-12-6-7-13-20)10-11-17-18-15(2)19-21(17)16-8-4-3-5-9-16/h14,16H,3-13H2,1-2H3. The maximum atomic E-state index is 4.72. The predicted octanol–water partition coefficient (Wildman–Crippen LogP) is 3.51. The monoisotopic (exact) mass is 290 g/mol. The van der Waals surface area contributed by atoms with Crippen molar-refractivity contribution >= 4 is 0 Å². The van der Waals surface area contributed by atoms with Crippen LogP contribution in [0.25, 0.3) is 0 Å². The molecule has 1 aliphatic carbocycles. The minimum atomic E-state index is 0.608. The molecule has 0 spiro atoms. The van der Waals surface area contributed by atoms with Crippen LogP contribution < -0.4 is 0 Å². The second-order valence-electron chi connectivity index (χ2n) is 6.94. The summed E-state index contributed by atoms with van der Waals surface area (Å²) < 4.78 is 2.27. The molecule has 2 aliphatic rings. The molecule has 0 N–H and O–H groups in total. The smallest absolute Gasteiger partial charge is 0.147 e. The molecule has 1 atom stereocenters. The lowest BCUT2D eigenvalue weighted by molar-refractivity contribution is 0.243. The number of aryl methyl sites for hydroxylation is 2. The van der Waals surface area contributed by atoms with Crippen molar-refractivity contribution in [1.29, 1.82) is 0 Å². The number of hydrogen-bond donors (Lipinski definition) is 0. The maximum absolute atomic E-state index is 4.72. The Morgan fingerprint density at radius 3 is 2.52 bits per heavy atom. The molecule has 1 saturated heterocycles. The molecule has 2 heterocycles. The highest BCUT2D eigenvalue weighted by molar-refractivity contribution is 4.95. The summed E-state index contributed by atoms with van der Waals surface area (Å²) in [6.45, 7) is 6.98. The van der Waals surface area contributed by atoms with Gasteiger partial charge in [0, 0.05) is 12.5 Å². The van der Waals surface area contributed by atoms with E-state index >= 15 is 0 Å². The van der Waals surface area contributed by atoms with E-state index in [9.17, 15) is 0 Å². The van der Waals surface area contributed by atoms with Crippen molar-refractivity contribution in [2.75, 3.05) is 13.1 Å². The van der Waals surface area contributed by atoms with Crippen molar-refractivity contribution in [1.82, 2.24) is 19.7 Å². The van der Waals surface area contributed by atoms with Crippen molar-refractivity contribution in [3.63, 3.8) is 0 Å². The fraction of sp³-hybridized carbons (Fsp3) is 0.882. The first-order chi connectivity index (χ1) is 10.2. The molecule has 1 unspecified atom stereocenters. The Hall–Kier alpha value is -0.900. The van der Waals surface area contributed by atoms with E-state index in [1.165, 1.54) is 70.3 Å². The number of aromatic nitrogens is 3. The van der Waals surface area contributed by atoms with Crippen molar-refractivity contribution in [3.05, 3.63) is 11.6 Å². The number of nitrogens with zero attached hydrogens (tertiary/aromatic N) is 4. The van der Waals surface area contributed by atoms with Gasteiger partial charge in [-0.1, -0.05) is 19.3 Å². The van der Waals surface area contributed by atoms with Gasteiger partial charge < -0.3 is 4.90 Å². The normalized spacial score (nSPS) is 22.8. The van der Waals surface area contributed by atoms with Crippen LogP contribution in [-0.2, 0) is 6.42 Å². The Morgan fingerprint density at radius 2 is 1.81 bits per heavy atom. The summed E-state index contributed by atoms with van der Waals surface area (Å²) in [4.78, 5) is 7.35. The first-order valence-corrected chi connectivity index (χ1v) is 8.90. The van der Waals surface area contributed by atoms with E-state index in [1.54, 1.807) is 0 Å². The van der Waals surface area contributed by atoms with Gasteiger partial charge in [-0.15, -0.1) is 0 Å². The predicted molar refractivity (Wildman–Crippen MR) is 85.5 cm³/mol. The zero-order valence-corrected chi connectivity index (χ0v) is 13.7. The van der Waals surface area contributed by atoms with E-state index < -0.39 is 0 Å². The molecule has 0 aromatic carbocycles. The van der Waals surface area contributed by atoms with Crippen LogP contribution in [0.15, 0.2) is 0 Å². The van der Waals surface area contributed by atoms with Gasteiger partial charge in [-0.25, -0.2) is 9.67 Å². The molecule has 1 aliphatic heterocycles. The van der Waals surface area contributed by atoms with Crippen molar-refractivity contribution < 1.29 is 0 Å². The summed E-state index contributed by atoms with van der Waals surface area (Å²) in [5.41, 5.74) is 0. The Morgan fingerprint density at radius 1 is 1.10 bits per heavy atom. The molecular formula is C17H30N4. The van der Waals surface area contributed by atoms with Crippen LogP contribution in [-0.4, -0.2) is 38.8 Å². The van der Waals surface area contributed by atoms with Gasteiger partial charge in [0.25, 0.3) is 0 Å². The van der Waals surface area contributed by atoms with Gasteiger partial charge in [-0.2, -0.15) is 5.10 Å². The summed E-state index contributed by atoms with van der Waals surface area (Å²) in [5.74, 6) is 2.18. The Kier molecular flexibility index (Phi) is 4.94. The largest absolute Gasteiger partial charge is 0.301 e. The van der Waals surface area contributed by atoms with Crippen LogP contribution >= 0.6 is 0 Å². The van der Waals surface area contributed by atoms with E-state index in [1.807, 2.05) is 6.92 Å². The molecule has 4 nitrogen and oxygen atoms in total. The second kappa shape index (κ2) is 6.91. The van der Waals surface area contributed by atoms with Gasteiger partial charge in [0.05, 0.1) is 6.04 Å². The summed E-state index contributed by atoms with van der Waals surface area (Å²) >= 11 is 0. The topological polar surface area (TPSA) is 34.0 Å². The van der Waals surface area contributed by atoms with Crippen LogP contribution in [0.5, 0.6) is 0 Å². The van der Waals surface area contributed by atoms with Gasteiger partial charge >= 0.3 is 0 Å². The third kappa shape index (κ3) is 3.65. The van der Waals surface area contributed by atoms with Crippen LogP contribution in [0.1, 0.15) is 76.0 Å². The van der Waals surface area contributed by atoms with Crippen LogP contribution in [0.3, 0.4) is 0 Å². The molecule has 0 amide bonds. The highest BCUT2D eigenvalue weighted by atomic mass is 15.4. The molecule has 1 aromatic heterocycles.